The topological polar surface area (TPSA) is 44.3 Å². The Morgan fingerprint density at radius 3 is 2.69 bits per heavy atom. The summed E-state index contributed by atoms with van der Waals surface area (Å²) in [4.78, 5) is 4.80. The maximum Gasteiger partial charge on any atom is 0.205 e. The van der Waals surface area contributed by atoms with Gasteiger partial charge in [-0.2, -0.15) is 0 Å². The van der Waals surface area contributed by atoms with E-state index in [1.165, 1.54) is 0 Å². The first-order chi connectivity index (χ1) is 7.78. The minimum atomic E-state index is 0.906. The molecule has 0 bridgehead atoms. The Bertz CT molecular complexity index is 319. The molecule has 1 fully saturated rings. The number of hydrogen-bond acceptors (Lipinski definition) is 6. The molecule has 1 saturated heterocycles. The van der Waals surface area contributed by atoms with E-state index in [-0.39, 0.29) is 0 Å². The first-order valence-electron chi connectivity index (χ1n) is 5.75. The van der Waals surface area contributed by atoms with E-state index >= 15 is 0 Å². The van der Waals surface area contributed by atoms with Crippen LogP contribution in [-0.2, 0) is 6.54 Å². The zero-order valence-corrected chi connectivity index (χ0v) is 10.8. The van der Waals surface area contributed by atoms with Gasteiger partial charge in [0.05, 0.1) is 6.54 Å². The van der Waals surface area contributed by atoms with Crippen LogP contribution < -0.4 is 5.32 Å². The van der Waals surface area contributed by atoms with Crippen LogP contribution in [-0.4, -0.2) is 59.8 Å². The van der Waals surface area contributed by atoms with Gasteiger partial charge in [-0.1, -0.05) is 11.3 Å². The number of likely N-dealkylation sites (N-methyl/N-ethyl adjacent to an activating group) is 1. The molecule has 0 atom stereocenters. The molecule has 1 aliphatic rings. The van der Waals surface area contributed by atoms with Crippen LogP contribution in [0.25, 0.3) is 0 Å². The van der Waals surface area contributed by atoms with Gasteiger partial charge in [-0.05, 0) is 14.0 Å². The number of anilines is 1. The Hall–Kier alpha value is -0.720. The summed E-state index contributed by atoms with van der Waals surface area (Å²) in [5.74, 6) is 0. The largest absolute Gasteiger partial charge is 0.360 e. The van der Waals surface area contributed by atoms with E-state index in [2.05, 4.69) is 39.3 Å². The Morgan fingerprint density at radius 1 is 1.25 bits per heavy atom. The van der Waals surface area contributed by atoms with Gasteiger partial charge in [-0.3, -0.25) is 4.90 Å². The molecule has 0 amide bonds. The lowest BCUT2D eigenvalue weighted by Crippen LogP contribution is -2.43. The van der Waals surface area contributed by atoms with Gasteiger partial charge in [-0.15, -0.1) is 10.2 Å². The fraction of sp³-hybridized carbons (Fsp3) is 0.800. The zero-order chi connectivity index (χ0) is 11.4. The van der Waals surface area contributed by atoms with Crippen molar-refractivity contribution in [2.45, 2.75) is 13.5 Å². The third-order valence-corrected chi connectivity index (χ3v) is 3.62. The molecule has 1 N–H and O–H groups in total. The fourth-order valence-electron chi connectivity index (χ4n) is 1.74. The normalized spacial score (nSPS) is 18.9. The highest BCUT2D eigenvalue weighted by Gasteiger charge is 2.15. The van der Waals surface area contributed by atoms with Crippen LogP contribution in [0.4, 0.5) is 5.13 Å². The Morgan fingerprint density at radius 2 is 2.00 bits per heavy atom. The van der Waals surface area contributed by atoms with Crippen molar-refractivity contribution in [1.82, 2.24) is 20.0 Å². The Balaban J connectivity index is 1.83. The number of aromatic nitrogens is 2. The summed E-state index contributed by atoms with van der Waals surface area (Å²) in [5, 5.41) is 13.5. The van der Waals surface area contributed by atoms with Gasteiger partial charge < -0.3 is 10.2 Å². The minimum Gasteiger partial charge on any atom is -0.360 e. The summed E-state index contributed by atoms with van der Waals surface area (Å²) in [5.41, 5.74) is 0. The molecule has 0 aromatic carbocycles. The van der Waals surface area contributed by atoms with E-state index in [9.17, 15) is 0 Å². The number of nitrogens with zero attached hydrogens (tertiary/aromatic N) is 4. The predicted octanol–water partition coefficient (Wildman–Crippen LogP) is 0.717. The molecule has 0 radical (unpaired) electrons. The van der Waals surface area contributed by atoms with Crippen LogP contribution in [0.5, 0.6) is 0 Å². The van der Waals surface area contributed by atoms with Crippen molar-refractivity contribution in [1.29, 1.82) is 0 Å². The monoisotopic (exact) mass is 241 g/mol. The molecule has 0 spiro atoms. The lowest BCUT2D eigenvalue weighted by Gasteiger charge is -2.31. The quantitative estimate of drug-likeness (QED) is 0.841. The van der Waals surface area contributed by atoms with Crippen molar-refractivity contribution >= 4 is 16.5 Å². The molecule has 16 heavy (non-hydrogen) atoms. The highest BCUT2D eigenvalue weighted by molar-refractivity contribution is 7.15. The molecule has 0 saturated carbocycles. The van der Waals surface area contributed by atoms with Crippen LogP contribution in [0.2, 0.25) is 0 Å². The molecule has 2 rings (SSSR count). The van der Waals surface area contributed by atoms with Crippen LogP contribution in [0.3, 0.4) is 0 Å². The maximum atomic E-state index is 4.20. The molecule has 0 unspecified atom stereocenters. The molecule has 90 valence electrons. The van der Waals surface area contributed by atoms with Crippen LogP contribution in [0, 0.1) is 0 Å². The minimum absolute atomic E-state index is 0.906. The van der Waals surface area contributed by atoms with E-state index in [0.717, 1.165) is 49.4 Å². The number of rotatable bonds is 4. The summed E-state index contributed by atoms with van der Waals surface area (Å²) >= 11 is 1.66. The fourth-order valence-corrected chi connectivity index (χ4v) is 2.59. The van der Waals surface area contributed by atoms with Crippen molar-refractivity contribution in [3.8, 4) is 0 Å². The molecule has 2 heterocycles. The smallest absolute Gasteiger partial charge is 0.205 e. The van der Waals surface area contributed by atoms with Crippen molar-refractivity contribution in [2.75, 3.05) is 45.1 Å². The average molecular weight is 241 g/mol. The number of nitrogens with one attached hydrogen (secondary N) is 1. The highest BCUT2D eigenvalue weighted by atomic mass is 32.1. The lowest BCUT2D eigenvalue weighted by molar-refractivity contribution is 0.148. The van der Waals surface area contributed by atoms with Gasteiger partial charge in [0.25, 0.3) is 0 Å². The van der Waals surface area contributed by atoms with Gasteiger partial charge in [-0.25, -0.2) is 0 Å². The van der Waals surface area contributed by atoms with Crippen molar-refractivity contribution in [3.05, 3.63) is 5.01 Å². The first-order valence-corrected chi connectivity index (χ1v) is 6.56. The molecule has 1 aliphatic heterocycles. The molecular weight excluding hydrogens is 222 g/mol. The van der Waals surface area contributed by atoms with Crippen molar-refractivity contribution < 1.29 is 0 Å². The molecule has 6 heteroatoms. The second-order valence-electron chi connectivity index (χ2n) is 4.11. The second kappa shape index (κ2) is 5.56. The average Bonchev–Trinajstić information content (AvgIpc) is 2.70. The van der Waals surface area contributed by atoms with E-state index in [1.54, 1.807) is 11.3 Å². The van der Waals surface area contributed by atoms with E-state index < -0.39 is 0 Å². The van der Waals surface area contributed by atoms with Crippen LogP contribution >= 0.6 is 11.3 Å². The maximum absolute atomic E-state index is 4.20. The van der Waals surface area contributed by atoms with Crippen LogP contribution in [0.1, 0.15) is 11.9 Å². The number of piperazine rings is 1. The SMILES string of the molecule is CCNc1nnc(CN2CCN(C)CC2)s1. The van der Waals surface area contributed by atoms with Crippen molar-refractivity contribution in [2.24, 2.45) is 0 Å². The summed E-state index contributed by atoms with van der Waals surface area (Å²) in [7, 11) is 2.17. The van der Waals surface area contributed by atoms with E-state index in [0.29, 0.717) is 0 Å². The van der Waals surface area contributed by atoms with Gasteiger partial charge in [0, 0.05) is 32.7 Å². The Labute approximate surface area is 100 Å². The van der Waals surface area contributed by atoms with Gasteiger partial charge in [0.1, 0.15) is 5.01 Å². The molecule has 0 aliphatic carbocycles. The molecule has 1 aromatic rings. The van der Waals surface area contributed by atoms with Gasteiger partial charge in [0.15, 0.2) is 0 Å². The summed E-state index contributed by atoms with van der Waals surface area (Å²) < 4.78 is 0. The highest BCUT2D eigenvalue weighted by Crippen LogP contribution is 2.17. The summed E-state index contributed by atoms with van der Waals surface area (Å²) in [6.45, 7) is 8.48. The first kappa shape index (κ1) is 11.8. The predicted molar refractivity (Wildman–Crippen MR) is 66.8 cm³/mol. The van der Waals surface area contributed by atoms with Gasteiger partial charge >= 0.3 is 0 Å². The Kier molecular flexibility index (Phi) is 4.09. The molecule has 1 aromatic heterocycles. The third kappa shape index (κ3) is 3.13. The third-order valence-electron chi connectivity index (χ3n) is 2.75. The van der Waals surface area contributed by atoms with Gasteiger partial charge in [0.2, 0.25) is 5.13 Å². The summed E-state index contributed by atoms with van der Waals surface area (Å²) in [6.07, 6.45) is 0. The van der Waals surface area contributed by atoms with Crippen molar-refractivity contribution in [3.63, 3.8) is 0 Å². The van der Waals surface area contributed by atoms with E-state index in [4.69, 9.17) is 0 Å². The summed E-state index contributed by atoms with van der Waals surface area (Å²) in [6, 6.07) is 0. The number of hydrogen-bond donors (Lipinski definition) is 1. The standard InChI is InChI=1S/C10H19N5S/c1-3-11-10-13-12-9(16-10)8-15-6-4-14(2)5-7-15/h3-8H2,1-2H3,(H,11,13). The molecular formula is C10H19N5S. The zero-order valence-electron chi connectivity index (χ0n) is 9.94. The second-order valence-corrected chi connectivity index (χ2v) is 5.17. The van der Waals surface area contributed by atoms with Crippen LogP contribution in [0.15, 0.2) is 0 Å². The van der Waals surface area contributed by atoms with E-state index in [1.807, 2.05) is 0 Å². The molecule has 5 nitrogen and oxygen atoms in total. The lowest BCUT2D eigenvalue weighted by atomic mass is 10.3.